The summed E-state index contributed by atoms with van der Waals surface area (Å²) in [6.07, 6.45) is -1.97. The number of pyridine rings is 1. The van der Waals surface area contributed by atoms with E-state index in [0.29, 0.717) is 24.1 Å². The molecular weight excluding hydrogens is 458 g/mol. The summed E-state index contributed by atoms with van der Waals surface area (Å²) in [5.74, 6) is -0.893. The Morgan fingerprint density at radius 3 is 2.20 bits per heavy atom. The van der Waals surface area contributed by atoms with Crippen molar-refractivity contribution in [3.8, 4) is 0 Å². The maximum Gasteiger partial charge on any atom is 0.433 e. The lowest BCUT2D eigenvalue weighted by atomic mass is 9.88. The Labute approximate surface area is 202 Å². The number of aromatic nitrogens is 1. The molecule has 2 atom stereocenters. The summed E-state index contributed by atoms with van der Waals surface area (Å²) < 4.78 is 52.9. The summed E-state index contributed by atoms with van der Waals surface area (Å²) in [7, 11) is 1.56. The van der Waals surface area contributed by atoms with Crippen LogP contribution in [0, 0.1) is 12.7 Å². The van der Waals surface area contributed by atoms with E-state index in [2.05, 4.69) is 22.5 Å². The van der Waals surface area contributed by atoms with Crippen LogP contribution in [0.15, 0.2) is 60.8 Å². The van der Waals surface area contributed by atoms with Crippen LogP contribution in [-0.2, 0) is 17.4 Å². The molecule has 0 saturated heterocycles. The van der Waals surface area contributed by atoms with Crippen molar-refractivity contribution >= 4 is 5.91 Å². The van der Waals surface area contributed by atoms with Gasteiger partial charge in [-0.3, -0.25) is 9.78 Å². The normalized spacial score (nSPS) is 13.3. The van der Waals surface area contributed by atoms with Crippen LogP contribution in [0.3, 0.4) is 0 Å². The third kappa shape index (κ3) is 6.66. The zero-order valence-electron chi connectivity index (χ0n) is 19.9. The van der Waals surface area contributed by atoms with E-state index >= 15 is 0 Å². The molecule has 0 aliphatic heterocycles. The smallest absolute Gasteiger partial charge is 0.358 e. The van der Waals surface area contributed by atoms with Gasteiger partial charge in [0.15, 0.2) is 0 Å². The van der Waals surface area contributed by atoms with Gasteiger partial charge in [-0.15, -0.1) is 0 Å². The topological polar surface area (TPSA) is 54.0 Å². The summed E-state index contributed by atoms with van der Waals surface area (Å²) >= 11 is 0. The average molecular weight is 488 g/mol. The molecule has 1 aromatic heterocycles. The quantitative estimate of drug-likeness (QED) is 0.380. The highest BCUT2D eigenvalue weighted by Crippen LogP contribution is 2.32. The van der Waals surface area contributed by atoms with Crippen LogP contribution in [0.1, 0.15) is 58.8 Å². The highest BCUT2D eigenvalue weighted by Gasteiger charge is 2.32. The number of halogens is 4. The fourth-order valence-electron chi connectivity index (χ4n) is 4.01. The minimum Gasteiger partial charge on any atom is -0.358 e. The van der Waals surface area contributed by atoms with Crippen molar-refractivity contribution in [1.82, 2.24) is 15.6 Å². The summed E-state index contributed by atoms with van der Waals surface area (Å²) in [5.41, 5.74) is 2.78. The molecule has 0 bridgehead atoms. The van der Waals surface area contributed by atoms with Gasteiger partial charge in [0.1, 0.15) is 17.6 Å². The van der Waals surface area contributed by atoms with Crippen LogP contribution in [0.2, 0.25) is 0 Å². The summed E-state index contributed by atoms with van der Waals surface area (Å²) in [4.78, 5) is 16.2. The number of amides is 1. The predicted octanol–water partition coefficient (Wildman–Crippen LogP) is 5.71. The van der Waals surface area contributed by atoms with Gasteiger partial charge in [0.25, 0.3) is 0 Å². The number of rotatable bonds is 9. The number of hydrogen-bond donors (Lipinski definition) is 2. The van der Waals surface area contributed by atoms with Gasteiger partial charge in [-0.2, -0.15) is 13.2 Å². The van der Waals surface area contributed by atoms with E-state index in [-0.39, 0.29) is 17.6 Å². The standard InChI is InChI=1S/C27H29F4N3O/c1-4-18-5-7-19(8-6-18)25(26(35)32-3)33-14-13-22(20-9-11-23(28)17(2)15-20)21-10-12-24(34-16-21)27(29,30)31/h5-12,15-16,22,25,33H,4,13-14H2,1-3H3,(H,32,35)/t22-,25-/m0/s1. The molecule has 0 spiro atoms. The zero-order valence-corrected chi connectivity index (χ0v) is 19.9. The van der Waals surface area contributed by atoms with Crippen LogP contribution in [0.5, 0.6) is 0 Å². The van der Waals surface area contributed by atoms with Crippen LogP contribution in [0.4, 0.5) is 17.6 Å². The molecule has 0 aliphatic carbocycles. The first kappa shape index (κ1) is 26.3. The molecule has 35 heavy (non-hydrogen) atoms. The fourth-order valence-corrected chi connectivity index (χ4v) is 4.01. The van der Waals surface area contributed by atoms with Gasteiger partial charge in [-0.1, -0.05) is 49.4 Å². The van der Waals surface area contributed by atoms with Gasteiger partial charge in [0, 0.05) is 19.2 Å². The van der Waals surface area contributed by atoms with Crippen molar-refractivity contribution in [2.45, 2.75) is 44.8 Å². The number of likely N-dealkylation sites (N-methyl/N-ethyl adjacent to an activating group) is 1. The lowest BCUT2D eigenvalue weighted by Crippen LogP contribution is -2.36. The molecule has 4 nitrogen and oxygen atoms in total. The molecule has 0 aliphatic rings. The van der Waals surface area contributed by atoms with Crippen molar-refractivity contribution in [2.75, 3.05) is 13.6 Å². The molecule has 2 aromatic carbocycles. The Morgan fingerprint density at radius 2 is 1.66 bits per heavy atom. The van der Waals surface area contributed by atoms with Crippen LogP contribution >= 0.6 is 0 Å². The number of nitrogens with zero attached hydrogens (tertiary/aromatic N) is 1. The minimum absolute atomic E-state index is 0.195. The average Bonchev–Trinajstić information content (AvgIpc) is 2.85. The SMILES string of the molecule is CCc1ccc([C@H](NCC[C@H](c2ccc(C(F)(F)F)nc2)c2ccc(F)c(C)c2)C(=O)NC)cc1. The van der Waals surface area contributed by atoms with Gasteiger partial charge in [0.2, 0.25) is 5.91 Å². The molecule has 0 fully saturated rings. The molecule has 0 unspecified atom stereocenters. The Bertz CT molecular complexity index is 1130. The van der Waals surface area contributed by atoms with E-state index in [1.807, 2.05) is 24.3 Å². The number of carbonyl (C=O) groups excluding carboxylic acids is 1. The number of benzene rings is 2. The van der Waals surface area contributed by atoms with E-state index in [9.17, 15) is 22.4 Å². The number of carbonyl (C=O) groups is 1. The van der Waals surface area contributed by atoms with E-state index < -0.39 is 17.9 Å². The molecule has 3 rings (SSSR count). The number of aryl methyl sites for hydroxylation is 2. The minimum atomic E-state index is -4.53. The second-order valence-corrected chi connectivity index (χ2v) is 8.42. The largest absolute Gasteiger partial charge is 0.433 e. The first-order valence-corrected chi connectivity index (χ1v) is 11.5. The van der Waals surface area contributed by atoms with Crippen LogP contribution < -0.4 is 10.6 Å². The van der Waals surface area contributed by atoms with E-state index in [1.54, 1.807) is 26.1 Å². The highest BCUT2D eigenvalue weighted by molar-refractivity contribution is 5.82. The Morgan fingerprint density at radius 1 is 1.00 bits per heavy atom. The Hall–Kier alpha value is -3.26. The molecule has 0 radical (unpaired) electrons. The van der Waals surface area contributed by atoms with Gasteiger partial charge >= 0.3 is 6.18 Å². The lowest BCUT2D eigenvalue weighted by molar-refractivity contribution is -0.141. The molecule has 1 heterocycles. The Kier molecular flexibility index (Phi) is 8.62. The fraction of sp³-hybridized carbons (Fsp3) is 0.333. The summed E-state index contributed by atoms with van der Waals surface area (Å²) in [6, 6.07) is 14.2. The van der Waals surface area contributed by atoms with Gasteiger partial charge in [-0.25, -0.2) is 4.39 Å². The third-order valence-electron chi connectivity index (χ3n) is 6.07. The molecule has 8 heteroatoms. The monoisotopic (exact) mass is 487 g/mol. The van der Waals surface area contributed by atoms with Crippen molar-refractivity contribution < 1.29 is 22.4 Å². The van der Waals surface area contributed by atoms with Gasteiger partial charge in [0.05, 0.1) is 0 Å². The first-order valence-electron chi connectivity index (χ1n) is 11.5. The van der Waals surface area contributed by atoms with Crippen LogP contribution in [0.25, 0.3) is 0 Å². The van der Waals surface area contributed by atoms with Crippen molar-refractivity contribution in [3.05, 3.63) is 100 Å². The van der Waals surface area contributed by atoms with Gasteiger partial charge < -0.3 is 10.6 Å². The second-order valence-electron chi connectivity index (χ2n) is 8.42. The predicted molar refractivity (Wildman–Crippen MR) is 127 cm³/mol. The third-order valence-corrected chi connectivity index (χ3v) is 6.07. The Balaban J connectivity index is 1.84. The van der Waals surface area contributed by atoms with E-state index in [1.165, 1.54) is 18.3 Å². The maximum atomic E-state index is 13.9. The molecular formula is C27H29F4N3O. The highest BCUT2D eigenvalue weighted by atomic mass is 19.4. The zero-order chi connectivity index (χ0) is 25.6. The molecule has 186 valence electrons. The maximum absolute atomic E-state index is 13.9. The summed E-state index contributed by atoms with van der Waals surface area (Å²) in [6.45, 7) is 4.08. The number of hydrogen-bond acceptors (Lipinski definition) is 3. The second kappa shape index (κ2) is 11.4. The number of alkyl halides is 3. The number of nitrogens with one attached hydrogen (secondary N) is 2. The van der Waals surface area contributed by atoms with Crippen LogP contribution in [-0.4, -0.2) is 24.5 Å². The van der Waals surface area contributed by atoms with E-state index in [4.69, 9.17) is 0 Å². The van der Waals surface area contributed by atoms with Crippen molar-refractivity contribution in [3.63, 3.8) is 0 Å². The van der Waals surface area contributed by atoms with Gasteiger partial charge in [-0.05, 0) is 66.3 Å². The van der Waals surface area contributed by atoms with E-state index in [0.717, 1.165) is 29.2 Å². The lowest BCUT2D eigenvalue weighted by Gasteiger charge is -2.22. The van der Waals surface area contributed by atoms with Crippen molar-refractivity contribution in [1.29, 1.82) is 0 Å². The molecule has 3 aromatic rings. The first-order chi connectivity index (χ1) is 16.6. The molecule has 1 amide bonds. The van der Waals surface area contributed by atoms with Crippen molar-refractivity contribution in [2.24, 2.45) is 0 Å². The molecule has 2 N–H and O–H groups in total. The summed E-state index contributed by atoms with van der Waals surface area (Å²) in [5, 5.41) is 5.94. The molecule has 0 saturated carbocycles.